The zero-order valence-corrected chi connectivity index (χ0v) is 16.3. The van der Waals surface area contributed by atoms with E-state index in [4.69, 9.17) is 0 Å². The number of hydrogen-bond donors (Lipinski definition) is 2. The normalized spacial score (nSPS) is 18.2. The van der Waals surface area contributed by atoms with Crippen LogP contribution in [0.5, 0.6) is 0 Å². The third kappa shape index (κ3) is 3.49. The molecule has 1 aliphatic heterocycles. The third-order valence-electron chi connectivity index (χ3n) is 6.15. The molecule has 5 nitrogen and oxygen atoms in total. The summed E-state index contributed by atoms with van der Waals surface area (Å²) in [6.45, 7) is 3.87. The standard InChI is InChI=1S/C23H27N3O2/c1-17-9-10-18(15-20(17)26-14-13-24-22(26)28)21(27)25-16-23(11-5-6-12-23)19-7-3-2-4-8-19/h2-4,7-10,15H,5-6,11-14,16H2,1H3,(H,24,28)(H,25,27). The fraction of sp³-hybridized carbons (Fsp3) is 0.391. The van der Waals surface area contributed by atoms with Crippen molar-refractivity contribution >= 4 is 17.6 Å². The molecule has 0 atom stereocenters. The van der Waals surface area contributed by atoms with Gasteiger partial charge in [0.2, 0.25) is 0 Å². The molecule has 1 heterocycles. The van der Waals surface area contributed by atoms with E-state index in [1.807, 2.05) is 31.2 Å². The van der Waals surface area contributed by atoms with Crippen LogP contribution in [0, 0.1) is 6.92 Å². The SMILES string of the molecule is Cc1ccc(C(=O)NCC2(c3ccccc3)CCCC2)cc1N1CCNC1=O. The minimum Gasteiger partial charge on any atom is -0.351 e. The molecular formula is C23H27N3O2. The Morgan fingerprint density at radius 3 is 2.57 bits per heavy atom. The van der Waals surface area contributed by atoms with Crippen LogP contribution in [0.3, 0.4) is 0 Å². The molecule has 2 aliphatic rings. The summed E-state index contributed by atoms with van der Waals surface area (Å²) < 4.78 is 0. The molecule has 1 aliphatic carbocycles. The number of carbonyl (C=O) groups is 2. The maximum Gasteiger partial charge on any atom is 0.322 e. The van der Waals surface area contributed by atoms with Crippen molar-refractivity contribution in [2.45, 2.75) is 38.0 Å². The molecule has 2 aromatic carbocycles. The van der Waals surface area contributed by atoms with Gasteiger partial charge in [0.25, 0.3) is 5.91 Å². The highest BCUT2D eigenvalue weighted by molar-refractivity contribution is 5.99. The molecule has 4 rings (SSSR count). The molecule has 1 saturated carbocycles. The molecule has 146 valence electrons. The molecule has 5 heteroatoms. The van der Waals surface area contributed by atoms with E-state index < -0.39 is 0 Å². The van der Waals surface area contributed by atoms with Crippen LogP contribution in [-0.4, -0.2) is 31.6 Å². The zero-order chi connectivity index (χ0) is 19.6. The van der Waals surface area contributed by atoms with Crippen LogP contribution >= 0.6 is 0 Å². The Morgan fingerprint density at radius 1 is 1.14 bits per heavy atom. The van der Waals surface area contributed by atoms with E-state index in [0.717, 1.165) is 24.1 Å². The van der Waals surface area contributed by atoms with Gasteiger partial charge in [-0.05, 0) is 43.0 Å². The van der Waals surface area contributed by atoms with Gasteiger partial charge in [-0.15, -0.1) is 0 Å². The van der Waals surface area contributed by atoms with Gasteiger partial charge in [0, 0.05) is 36.3 Å². The molecule has 3 amide bonds. The van der Waals surface area contributed by atoms with Crippen molar-refractivity contribution in [2.75, 3.05) is 24.5 Å². The van der Waals surface area contributed by atoms with Gasteiger partial charge in [0.05, 0.1) is 0 Å². The number of hydrogen-bond acceptors (Lipinski definition) is 2. The summed E-state index contributed by atoms with van der Waals surface area (Å²) in [5.41, 5.74) is 3.73. The van der Waals surface area contributed by atoms with Gasteiger partial charge in [0.1, 0.15) is 0 Å². The van der Waals surface area contributed by atoms with Crippen molar-refractivity contribution in [3.05, 3.63) is 65.2 Å². The number of amides is 3. The lowest BCUT2D eigenvalue weighted by molar-refractivity contribution is 0.0943. The first-order chi connectivity index (χ1) is 13.6. The first-order valence-electron chi connectivity index (χ1n) is 10.1. The van der Waals surface area contributed by atoms with Gasteiger partial charge < -0.3 is 10.6 Å². The van der Waals surface area contributed by atoms with Crippen molar-refractivity contribution in [3.63, 3.8) is 0 Å². The second-order valence-corrected chi connectivity index (χ2v) is 7.92. The number of benzene rings is 2. The first kappa shape index (κ1) is 18.5. The Kier molecular flexibility index (Phi) is 5.07. The molecule has 1 saturated heterocycles. The van der Waals surface area contributed by atoms with Gasteiger partial charge in [-0.1, -0.05) is 49.2 Å². The third-order valence-corrected chi connectivity index (χ3v) is 6.15. The minimum atomic E-state index is -0.102. The van der Waals surface area contributed by atoms with Crippen molar-refractivity contribution in [1.29, 1.82) is 0 Å². The smallest absolute Gasteiger partial charge is 0.322 e. The summed E-state index contributed by atoms with van der Waals surface area (Å²) in [6.07, 6.45) is 4.60. The maximum absolute atomic E-state index is 12.9. The molecule has 2 aromatic rings. The topological polar surface area (TPSA) is 61.4 Å². The van der Waals surface area contributed by atoms with E-state index in [1.54, 1.807) is 4.90 Å². The molecule has 0 radical (unpaired) electrons. The van der Waals surface area contributed by atoms with Crippen LogP contribution in [0.25, 0.3) is 0 Å². The number of carbonyl (C=O) groups excluding carboxylic acids is 2. The molecule has 0 aromatic heterocycles. The molecule has 2 N–H and O–H groups in total. The van der Waals surface area contributed by atoms with E-state index in [9.17, 15) is 9.59 Å². The van der Waals surface area contributed by atoms with Crippen LogP contribution in [0.4, 0.5) is 10.5 Å². The zero-order valence-electron chi connectivity index (χ0n) is 16.3. The Morgan fingerprint density at radius 2 is 1.89 bits per heavy atom. The fourth-order valence-corrected chi connectivity index (χ4v) is 4.51. The Balaban J connectivity index is 1.51. The number of anilines is 1. The average molecular weight is 377 g/mol. The van der Waals surface area contributed by atoms with Crippen molar-refractivity contribution < 1.29 is 9.59 Å². The van der Waals surface area contributed by atoms with E-state index in [1.165, 1.54) is 18.4 Å². The summed E-state index contributed by atoms with van der Waals surface area (Å²) in [4.78, 5) is 26.6. The first-order valence-corrected chi connectivity index (χ1v) is 10.1. The van der Waals surface area contributed by atoms with E-state index in [2.05, 4.69) is 34.9 Å². The fourth-order valence-electron chi connectivity index (χ4n) is 4.51. The lowest BCUT2D eigenvalue weighted by Gasteiger charge is -2.30. The number of aryl methyl sites for hydroxylation is 1. The van der Waals surface area contributed by atoms with Gasteiger partial charge in [-0.2, -0.15) is 0 Å². The van der Waals surface area contributed by atoms with E-state index >= 15 is 0 Å². The van der Waals surface area contributed by atoms with Crippen LogP contribution in [0.1, 0.15) is 47.2 Å². The minimum absolute atomic E-state index is 0.0271. The van der Waals surface area contributed by atoms with Gasteiger partial charge in [-0.3, -0.25) is 9.69 Å². The van der Waals surface area contributed by atoms with Crippen LogP contribution in [0.2, 0.25) is 0 Å². The van der Waals surface area contributed by atoms with Gasteiger partial charge >= 0.3 is 6.03 Å². The number of rotatable bonds is 5. The monoisotopic (exact) mass is 377 g/mol. The van der Waals surface area contributed by atoms with Gasteiger partial charge in [0.15, 0.2) is 0 Å². The average Bonchev–Trinajstić information content (AvgIpc) is 3.37. The highest BCUT2D eigenvalue weighted by atomic mass is 16.2. The predicted octanol–water partition coefficient (Wildman–Crippen LogP) is 3.77. The largest absolute Gasteiger partial charge is 0.351 e. The van der Waals surface area contributed by atoms with Crippen LogP contribution in [0.15, 0.2) is 48.5 Å². The summed E-state index contributed by atoms with van der Waals surface area (Å²) in [5, 5.41) is 5.99. The Labute approximate surface area is 166 Å². The summed E-state index contributed by atoms with van der Waals surface area (Å²) >= 11 is 0. The molecular weight excluding hydrogens is 350 g/mol. The molecule has 0 unspecified atom stereocenters. The van der Waals surface area contributed by atoms with Gasteiger partial charge in [-0.25, -0.2) is 4.79 Å². The Hall–Kier alpha value is -2.82. The molecule has 28 heavy (non-hydrogen) atoms. The molecule has 2 fully saturated rings. The van der Waals surface area contributed by atoms with Crippen LogP contribution in [-0.2, 0) is 5.41 Å². The second-order valence-electron chi connectivity index (χ2n) is 7.92. The number of nitrogens with one attached hydrogen (secondary N) is 2. The lowest BCUT2D eigenvalue weighted by atomic mass is 9.79. The predicted molar refractivity (Wildman–Crippen MR) is 111 cm³/mol. The summed E-state index contributed by atoms with van der Waals surface area (Å²) in [5.74, 6) is -0.0805. The highest BCUT2D eigenvalue weighted by Gasteiger charge is 2.35. The van der Waals surface area contributed by atoms with E-state index in [0.29, 0.717) is 25.2 Å². The van der Waals surface area contributed by atoms with Crippen molar-refractivity contribution in [2.24, 2.45) is 0 Å². The van der Waals surface area contributed by atoms with Crippen LogP contribution < -0.4 is 15.5 Å². The van der Waals surface area contributed by atoms with Crippen molar-refractivity contribution in [3.8, 4) is 0 Å². The molecule has 0 bridgehead atoms. The Bertz CT molecular complexity index is 873. The molecule has 0 spiro atoms. The summed E-state index contributed by atoms with van der Waals surface area (Å²) in [6, 6.07) is 16.0. The van der Waals surface area contributed by atoms with E-state index in [-0.39, 0.29) is 17.4 Å². The summed E-state index contributed by atoms with van der Waals surface area (Å²) in [7, 11) is 0. The highest BCUT2D eigenvalue weighted by Crippen LogP contribution is 2.40. The lowest BCUT2D eigenvalue weighted by Crippen LogP contribution is -2.39. The maximum atomic E-state index is 12.9. The quantitative estimate of drug-likeness (QED) is 0.833. The van der Waals surface area contributed by atoms with Crippen molar-refractivity contribution in [1.82, 2.24) is 10.6 Å². The second kappa shape index (κ2) is 7.66. The number of urea groups is 1. The number of nitrogens with zero attached hydrogens (tertiary/aromatic N) is 1.